The highest BCUT2D eigenvalue weighted by atomic mass is 32.1. The smallest absolute Gasteiger partial charge is 0.274 e. The number of rotatable bonds is 2. The number of thiazole rings is 1. The first kappa shape index (κ1) is 14.3. The van der Waals surface area contributed by atoms with E-state index in [1.807, 2.05) is 9.80 Å². The fourth-order valence-electron chi connectivity index (χ4n) is 3.38. The summed E-state index contributed by atoms with van der Waals surface area (Å²) >= 11 is 1.43. The second-order valence-corrected chi connectivity index (χ2v) is 6.62. The minimum atomic E-state index is -0.0788. The van der Waals surface area contributed by atoms with Gasteiger partial charge in [-0.25, -0.2) is 9.97 Å². The van der Waals surface area contributed by atoms with E-state index in [1.54, 1.807) is 17.1 Å². The van der Waals surface area contributed by atoms with Crippen molar-refractivity contribution in [2.45, 2.75) is 0 Å². The molecular weight excluding hydrogens is 314 g/mol. The lowest BCUT2D eigenvalue weighted by Crippen LogP contribution is -2.36. The van der Waals surface area contributed by atoms with Crippen molar-refractivity contribution in [3.63, 3.8) is 0 Å². The summed E-state index contributed by atoms with van der Waals surface area (Å²) in [6.07, 6.45) is 4.57. The summed E-state index contributed by atoms with van der Waals surface area (Å²) in [7, 11) is 0. The maximum atomic E-state index is 12.4. The standard InChI is InChI=1S/C15H15N5O2S/c21-14(12-3-16-1-2-17-12)19-4-10-6-20(7-11(10)5-19)15(22)13-8-23-9-18-13/h1-3,8-11H,4-7H2/t10-,11-/m1/s1. The first-order chi connectivity index (χ1) is 11.2. The zero-order valence-electron chi connectivity index (χ0n) is 12.3. The molecule has 2 aliphatic rings. The first-order valence-electron chi connectivity index (χ1n) is 7.45. The molecule has 2 atom stereocenters. The van der Waals surface area contributed by atoms with E-state index in [9.17, 15) is 9.59 Å². The van der Waals surface area contributed by atoms with E-state index in [4.69, 9.17) is 0 Å². The molecule has 0 radical (unpaired) electrons. The molecule has 0 aromatic carbocycles. The average molecular weight is 329 g/mol. The third-order valence-electron chi connectivity index (χ3n) is 4.49. The predicted molar refractivity (Wildman–Crippen MR) is 82.9 cm³/mol. The van der Waals surface area contributed by atoms with E-state index in [-0.39, 0.29) is 11.8 Å². The Morgan fingerprint density at radius 3 is 2.13 bits per heavy atom. The van der Waals surface area contributed by atoms with E-state index in [1.165, 1.54) is 23.7 Å². The van der Waals surface area contributed by atoms with Gasteiger partial charge in [-0.3, -0.25) is 14.6 Å². The minimum absolute atomic E-state index is 0.00699. The molecule has 2 aromatic heterocycles. The molecule has 2 amide bonds. The van der Waals surface area contributed by atoms with Crippen LogP contribution >= 0.6 is 11.3 Å². The van der Waals surface area contributed by atoms with Crippen LogP contribution < -0.4 is 0 Å². The molecule has 0 spiro atoms. The number of carbonyl (C=O) groups excluding carboxylic acids is 2. The molecule has 0 saturated carbocycles. The van der Waals surface area contributed by atoms with Crippen molar-refractivity contribution in [2.75, 3.05) is 26.2 Å². The van der Waals surface area contributed by atoms with E-state index in [0.717, 1.165) is 0 Å². The number of hydrogen-bond acceptors (Lipinski definition) is 6. The predicted octanol–water partition coefficient (Wildman–Crippen LogP) is 0.777. The zero-order chi connectivity index (χ0) is 15.8. The third kappa shape index (κ3) is 2.59. The highest BCUT2D eigenvalue weighted by Crippen LogP contribution is 2.32. The second-order valence-electron chi connectivity index (χ2n) is 5.90. The number of fused-ring (bicyclic) bond motifs is 1. The summed E-state index contributed by atoms with van der Waals surface area (Å²) < 4.78 is 0. The molecule has 2 aliphatic heterocycles. The van der Waals surface area contributed by atoms with Crippen molar-refractivity contribution in [2.24, 2.45) is 11.8 Å². The van der Waals surface area contributed by atoms with Gasteiger partial charge in [0.2, 0.25) is 0 Å². The molecule has 2 saturated heterocycles. The normalized spacial score (nSPS) is 23.1. The molecule has 23 heavy (non-hydrogen) atoms. The van der Waals surface area contributed by atoms with E-state index in [0.29, 0.717) is 49.4 Å². The lowest BCUT2D eigenvalue weighted by atomic mass is 10.0. The van der Waals surface area contributed by atoms with Gasteiger partial charge in [0.1, 0.15) is 11.4 Å². The summed E-state index contributed by atoms with van der Waals surface area (Å²) in [6.45, 7) is 2.71. The summed E-state index contributed by atoms with van der Waals surface area (Å²) in [6, 6.07) is 0. The number of likely N-dealkylation sites (tertiary alicyclic amines) is 2. The SMILES string of the molecule is O=C(c1cnccn1)N1C[C@@H]2CN(C(=O)c3cscn3)C[C@H]2C1. The summed E-state index contributed by atoms with van der Waals surface area (Å²) in [5.74, 6) is 0.578. The highest BCUT2D eigenvalue weighted by molar-refractivity contribution is 7.07. The van der Waals surface area contributed by atoms with Gasteiger partial charge < -0.3 is 9.80 Å². The number of amides is 2. The van der Waals surface area contributed by atoms with Crippen molar-refractivity contribution in [1.82, 2.24) is 24.8 Å². The number of hydrogen-bond donors (Lipinski definition) is 0. The van der Waals surface area contributed by atoms with Crippen LogP contribution in [0.1, 0.15) is 21.0 Å². The molecule has 4 rings (SSSR count). The van der Waals surface area contributed by atoms with E-state index >= 15 is 0 Å². The third-order valence-corrected chi connectivity index (χ3v) is 5.08. The van der Waals surface area contributed by atoms with Gasteiger partial charge in [0.05, 0.1) is 11.7 Å². The molecule has 8 heteroatoms. The minimum Gasteiger partial charge on any atom is -0.337 e. The van der Waals surface area contributed by atoms with Crippen molar-refractivity contribution < 1.29 is 9.59 Å². The topological polar surface area (TPSA) is 79.3 Å². The Morgan fingerprint density at radius 2 is 1.61 bits per heavy atom. The monoisotopic (exact) mass is 329 g/mol. The maximum absolute atomic E-state index is 12.4. The number of carbonyl (C=O) groups is 2. The van der Waals surface area contributed by atoms with Crippen LogP contribution in [0.2, 0.25) is 0 Å². The average Bonchev–Trinajstić information content (AvgIpc) is 3.29. The van der Waals surface area contributed by atoms with Gasteiger partial charge in [-0.2, -0.15) is 0 Å². The van der Waals surface area contributed by atoms with Crippen molar-refractivity contribution >= 4 is 23.2 Å². The van der Waals surface area contributed by atoms with Gasteiger partial charge >= 0.3 is 0 Å². The molecular formula is C15H15N5O2S. The molecule has 4 heterocycles. The molecule has 0 bridgehead atoms. The molecule has 2 aromatic rings. The fourth-order valence-corrected chi connectivity index (χ4v) is 3.90. The first-order valence-corrected chi connectivity index (χ1v) is 8.39. The van der Waals surface area contributed by atoms with Crippen LogP contribution in [0.3, 0.4) is 0 Å². The van der Waals surface area contributed by atoms with Crippen LogP contribution in [0.5, 0.6) is 0 Å². The summed E-state index contributed by atoms with van der Waals surface area (Å²) in [5, 5.41) is 1.78. The maximum Gasteiger partial charge on any atom is 0.274 e. The van der Waals surface area contributed by atoms with Crippen molar-refractivity contribution in [3.05, 3.63) is 40.9 Å². The Labute approximate surface area is 137 Å². The fraction of sp³-hybridized carbons (Fsp3) is 0.400. The van der Waals surface area contributed by atoms with Crippen LogP contribution in [-0.2, 0) is 0 Å². The van der Waals surface area contributed by atoms with Crippen LogP contribution in [0.25, 0.3) is 0 Å². The Hall–Kier alpha value is -2.35. The van der Waals surface area contributed by atoms with Gasteiger partial charge in [0.25, 0.3) is 11.8 Å². The largest absolute Gasteiger partial charge is 0.337 e. The lowest BCUT2D eigenvalue weighted by Gasteiger charge is -2.21. The quantitative estimate of drug-likeness (QED) is 0.813. The molecule has 2 fully saturated rings. The van der Waals surface area contributed by atoms with Gasteiger partial charge in [-0.05, 0) is 0 Å². The van der Waals surface area contributed by atoms with Gasteiger partial charge in [-0.15, -0.1) is 11.3 Å². The van der Waals surface area contributed by atoms with Crippen LogP contribution in [-0.4, -0.2) is 62.7 Å². The number of aromatic nitrogens is 3. The lowest BCUT2D eigenvalue weighted by molar-refractivity contribution is 0.0732. The van der Waals surface area contributed by atoms with Crippen molar-refractivity contribution in [1.29, 1.82) is 0 Å². The van der Waals surface area contributed by atoms with Gasteiger partial charge in [0.15, 0.2) is 0 Å². The molecule has 118 valence electrons. The Kier molecular flexibility index (Phi) is 3.53. The Balaban J connectivity index is 1.40. The van der Waals surface area contributed by atoms with Crippen LogP contribution in [0.4, 0.5) is 0 Å². The summed E-state index contributed by atoms with van der Waals surface area (Å²) in [4.78, 5) is 40.5. The molecule has 0 unspecified atom stereocenters. The van der Waals surface area contributed by atoms with Gasteiger partial charge in [-0.1, -0.05) is 0 Å². The van der Waals surface area contributed by atoms with E-state index in [2.05, 4.69) is 15.0 Å². The summed E-state index contributed by atoms with van der Waals surface area (Å²) in [5.41, 5.74) is 2.57. The van der Waals surface area contributed by atoms with E-state index < -0.39 is 0 Å². The molecule has 0 aliphatic carbocycles. The molecule has 0 N–H and O–H groups in total. The van der Waals surface area contributed by atoms with Crippen LogP contribution in [0, 0.1) is 11.8 Å². The van der Waals surface area contributed by atoms with Crippen molar-refractivity contribution in [3.8, 4) is 0 Å². The molecule has 7 nitrogen and oxygen atoms in total. The van der Waals surface area contributed by atoms with Gasteiger partial charge in [0, 0.05) is 55.8 Å². The Morgan fingerprint density at radius 1 is 0.957 bits per heavy atom. The Bertz CT molecular complexity index is 707. The van der Waals surface area contributed by atoms with Crippen LogP contribution in [0.15, 0.2) is 29.5 Å². The number of nitrogens with zero attached hydrogens (tertiary/aromatic N) is 5. The highest BCUT2D eigenvalue weighted by Gasteiger charge is 2.43. The zero-order valence-corrected chi connectivity index (χ0v) is 13.1. The second kappa shape index (κ2) is 5.69.